The van der Waals surface area contributed by atoms with Gasteiger partial charge in [0, 0.05) is 6.04 Å². The Balaban J connectivity index is 2.41. The second-order valence-electron chi connectivity index (χ2n) is 7.49. The first-order valence-electron chi connectivity index (χ1n) is 8.81. The van der Waals surface area contributed by atoms with Crippen molar-refractivity contribution in [3.8, 4) is 5.75 Å². The molecule has 1 aliphatic rings. The zero-order chi connectivity index (χ0) is 19.7. The lowest BCUT2D eigenvalue weighted by atomic mass is 10.1. The van der Waals surface area contributed by atoms with E-state index in [2.05, 4.69) is 19.2 Å². The van der Waals surface area contributed by atoms with E-state index in [1.807, 2.05) is 13.8 Å². The highest BCUT2D eigenvalue weighted by molar-refractivity contribution is 7.96. The minimum atomic E-state index is -3.86. The molecular weight excluding hydrogens is 374 g/mol. The molecule has 1 saturated heterocycles. The Hall–Kier alpha value is -1.12. The van der Waals surface area contributed by atoms with Crippen LogP contribution in [0.15, 0.2) is 17.0 Å². The molecule has 2 rings (SSSR count). The zero-order valence-corrected chi connectivity index (χ0v) is 17.7. The number of nitrogens with one attached hydrogen (secondary N) is 1. The van der Waals surface area contributed by atoms with Crippen molar-refractivity contribution < 1.29 is 21.6 Å². The number of benzene rings is 1. The van der Waals surface area contributed by atoms with Gasteiger partial charge in [0.15, 0.2) is 19.7 Å². The molecular formula is C18H29NO5S2. The van der Waals surface area contributed by atoms with E-state index in [4.69, 9.17) is 4.74 Å². The maximum absolute atomic E-state index is 13.3. The molecule has 0 bridgehead atoms. The van der Waals surface area contributed by atoms with Gasteiger partial charge in [0.2, 0.25) is 0 Å². The summed E-state index contributed by atoms with van der Waals surface area (Å²) in [5.41, 5.74) is 1.75. The molecule has 0 radical (unpaired) electrons. The molecule has 1 aliphatic heterocycles. The minimum Gasteiger partial charge on any atom is -0.495 e. The number of hydrogen-bond acceptors (Lipinski definition) is 6. The summed E-state index contributed by atoms with van der Waals surface area (Å²) in [5.74, 6) is 0.209. The summed E-state index contributed by atoms with van der Waals surface area (Å²) in [6.45, 7) is 8.44. The molecule has 0 unspecified atom stereocenters. The predicted octanol–water partition coefficient (Wildman–Crippen LogP) is 1.89. The predicted molar refractivity (Wildman–Crippen MR) is 103 cm³/mol. The first-order valence-corrected chi connectivity index (χ1v) is 12.2. The molecule has 1 heterocycles. The van der Waals surface area contributed by atoms with Crippen LogP contribution in [0, 0.1) is 19.8 Å². The Morgan fingerprint density at radius 2 is 1.81 bits per heavy atom. The number of hydrogen-bond donors (Lipinski definition) is 1. The maximum atomic E-state index is 13.3. The number of aryl methyl sites for hydroxylation is 2. The second-order valence-corrected chi connectivity index (χ2v) is 11.8. The van der Waals surface area contributed by atoms with Crippen molar-refractivity contribution in [3.63, 3.8) is 0 Å². The summed E-state index contributed by atoms with van der Waals surface area (Å²) in [4.78, 5) is 0.0702. The monoisotopic (exact) mass is 403 g/mol. The highest BCUT2D eigenvalue weighted by Crippen LogP contribution is 2.33. The Morgan fingerprint density at radius 3 is 2.38 bits per heavy atom. The fraction of sp³-hybridized carbons (Fsp3) is 0.667. The van der Waals surface area contributed by atoms with Crippen LogP contribution in [0.3, 0.4) is 0 Å². The third-order valence-corrected chi connectivity index (χ3v) is 9.08. The van der Waals surface area contributed by atoms with Crippen LogP contribution in [0.4, 0.5) is 0 Å². The van der Waals surface area contributed by atoms with Crippen molar-refractivity contribution in [1.82, 2.24) is 5.32 Å². The first kappa shape index (κ1) is 21.2. The highest BCUT2D eigenvalue weighted by Gasteiger charge is 2.46. The molecule has 0 spiro atoms. The largest absolute Gasteiger partial charge is 0.495 e. The second kappa shape index (κ2) is 7.86. The van der Waals surface area contributed by atoms with E-state index in [9.17, 15) is 16.8 Å². The van der Waals surface area contributed by atoms with Crippen molar-refractivity contribution in [2.75, 3.05) is 25.2 Å². The highest BCUT2D eigenvalue weighted by atomic mass is 32.2. The van der Waals surface area contributed by atoms with E-state index in [1.54, 1.807) is 12.1 Å². The number of rotatable bonds is 7. The molecule has 8 heteroatoms. The van der Waals surface area contributed by atoms with E-state index < -0.39 is 31.0 Å². The van der Waals surface area contributed by atoms with Gasteiger partial charge in [-0.05, 0) is 56.0 Å². The van der Waals surface area contributed by atoms with Crippen molar-refractivity contribution >= 4 is 19.7 Å². The van der Waals surface area contributed by atoms with Crippen LogP contribution in [0.1, 0.15) is 31.4 Å². The molecule has 1 fully saturated rings. The van der Waals surface area contributed by atoms with E-state index in [0.29, 0.717) is 12.5 Å². The molecule has 1 aromatic carbocycles. The fourth-order valence-electron chi connectivity index (χ4n) is 3.18. The third kappa shape index (κ3) is 4.58. The van der Waals surface area contributed by atoms with Crippen molar-refractivity contribution in [3.05, 3.63) is 23.3 Å². The summed E-state index contributed by atoms with van der Waals surface area (Å²) in [6.07, 6.45) is 0.857. The summed E-state index contributed by atoms with van der Waals surface area (Å²) in [6, 6.07) is 2.67. The minimum absolute atomic E-state index is 0.0702. The third-order valence-electron chi connectivity index (χ3n) is 4.91. The molecule has 148 valence electrons. The maximum Gasteiger partial charge on any atom is 0.187 e. The smallest absolute Gasteiger partial charge is 0.187 e. The van der Waals surface area contributed by atoms with E-state index in [1.165, 1.54) is 7.11 Å². The van der Waals surface area contributed by atoms with Crippen molar-refractivity contribution in [2.45, 2.75) is 50.3 Å². The molecule has 0 aliphatic carbocycles. The molecule has 0 amide bonds. The topological polar surface area (TPSA) is 89.5 Å². The average Bonchev–Trinajstić information content (AvgIpc) is 2.84. The number of sulfone groups is 2. The molecule has 0 saturated carbocycles. The van der Waals surface area contributed by atoms with Crippen LogP contribution in [0.5, 0.6) is 5.75 Å². The quantitative estimate of drug-likeness (QED) is 0.748. The summed E-state index contributed by atoms with van der Waals surface area (Å²) < 4.78 is 56.2. The van der Waals surface area contributed by atoms with E-state index in [0.717, 1.165) is 17.5 Å². The van der Waals surface area contributed by atoms with Gasteiger partial charge < -0.3 is 10.1 Å². The SMILES string of the molecule is COc1cc(C)c(C)cc1S(=O)(=O)[C@H]1CS(=O)(=O)C[C@@H]1NCCC(C)C. The Morgan fingerprint density at radius 1 is 1.19 bits per heavy atom. The Kier molecular flexibility index (Phi) is 6.40. The van der Waals surface area contributed by atoms with E-state index >= 15 is 0 Å². The summed E-state index contributed by atoms with van der Waals surface area (Å²) in [5, 5.41) is 2.15. The van der Waals surface area contributed by atoms with Crippen LogP contribution in [0.25, 0.3) is 0 Å². The molecule has 0 aromatic heterocycles. The Bertz CT molecular complexity index is 860. The summed E-state index contributed by atoms with van der Waals surface area (Å²) in [7, 11) is -5.84. The van der Waals surface area contributed by atoms with E-state index in [-0.39, 0.29) is 22.2 Å². The Labute approximate surface area is 157 Å². The molecule has 2 atom stereocenters. The standard InChI is InChI=1S/C18H29NO5S2/c1-12(2)6-7-19-15-10-25(20,21)11-18(15)26(22,23)17-9-14(4)13(3)8-16(17)24-5/h8-9,12,15,18-19H,6-7,10-11H2,1-5H3/t15-,18-/m0/s1. The fourth-order valence-corrected chi connectivity index (χ4v) is 8.12. The van der Waals surface area contributed by atoms with Gasteiger partial charge in [0.25, 0.3) is 0 Å². The van der Waals surface area contributed by atoms with Crippen LogP contribution in [0.2, 0.25) is 0 Å². The van der Waals surface area contributed by atoms with Crippen LogP contribution < -0.4 is 10.1 Å². The number of ether oxygens (including phenoxy) is 1. The lowest BCUT2D eigenvalue weighted by Gasteiger charge is -2.22. The van der Waals surface area contributed by atoms with Crippen LogP contribution in [-0.2, 0) is 19.7 Å². The lowest BCUT2D eigenvalue weighted by Crippen LogP contribution is -2.44. The lowest BCUT2D eigenvalue weighted by molar-refractivity contribution is 0.401. The van der Waals surface area contributed by atoms with Gasteiger partial charge >= 0.3 is 0 Å². The van der Waals surface area contributed by atoms with Gasteiger partial charge in [-0.3, -0.25) is 0 Å². The van der Waals surface area contributed by atoms with Gasteiger partial charge in [0.05, 0.1) is 23.9 Å². The number of methoxy groups -OCH3 is 1. The van der Waals surface area contributed by atoms with Crippen molar-refractivity contribution in [2.24, 2.45) is 5.92 Å². The molecule has 1 aromatic rings. The molecule has 26 heavy (non-hydrogen) atoms. The normalized spacial score (nSPS) is 22.7. The first-order chi connectivity index (χ1) is 12.0. The van der Waals surface area contributed by atoms with Crippen LogP contribution >= 0.6 is 0 Å². The molecule has 6 nitrogen and oxygen atoms in total. The van der Waals surface area contributed by atoms with Gasteiger partial charge in [-0.2, -0.15) is 0 Å². The summed E-state index contributed by atoms with van der Waals surface area (Å²) >= 11 is 0. The van der Waals surface area contributed by atoms with Gasteiger partial charge in [-0.15, -0.1) is 0 Å². The van der Waals surface area contributed by atoms with Gasteiger partial charge in [0.1, 0.15) is 10.6 Å². The van der Waals surface area contributed by atoms with Crippen LogP contribution in [-0.4, -0.2) is 53.3 Å². The zero-order valence-electron chi connectivity index (χ0n) is 16.1. The van der Waals surface area contributed by atoms with Gasteiger partial charge in [-0.25, -0.2) is 16.8 Å². The average molecular weight is 404 g/mol. The molecule has 1 N–H and O–H groups in total. The van der Waals surface area contributed by atoms with Gasteiger partial charge in [-0.1, -0.05) is 13.8 Å². The van der Waals surface area contributed by atoms with Crippen molar-refractivity contribution in [1.29, 1.82) is 0 Å².